The maximum absolute atomic E-state index is 6.19. The Balaban J connectivity index is 5.34. The molecule has 0 amide bonds. The molecule has 24 heavy (non-hydrogen) atoms. The molecule has 0 heterocycles. The summed E-state index contributed by atoms with van der Waals surface area (Å²) in [5.41, 5.74) is -0.810. The Morgan fingerprint density at radius 1 is 0.625 bits per heavy atom. The topological polar surface area (TPSA) is 18.5 Å². The van der Waals surface area contributed by atoms with Gasteiger partial charge in [-0.1, -0.05) is 39.5 Å². The highest BCUT2D eigenvalue weighted by molar-refractivity contribution is 5.20. The Bertz CT molecular complexity index is 364. The Labute approximate surface area is 152 Å². The number of hydrogen-bond donors (Lipinski definition) is 0. The SMILES string of the molecule is CC(C)CCC(C)(C#CC(C)(CCC(C)C)OC(C)C)OC(C)C. The molecule has 2 nitrogen and oxygen atoms in total. The van der Waals surface area contributed by atoms with Crippen LogP contribution in [0.25, 0.3) is 0 Å². The molecule has 2 atom stereocenters. The summed E-state index contributed by atoms with van der Waals surface area (Å²) >= 11 is 0. The van der Waals surface area contributed by atoms with Gasteiger partial charge in [0.25, 0.3) is 0 Å². The van der Waals surface area contributed by atoms with Crippen LogP contribution in [0.5, 0.6) is 0 Å². The molecular weight excluding hydrogens is 296 g/mol. The summed E-state index contributed by atoms with van der Waals surface area (Å²) in [4.78, 5) is 0. The summed E-state index contributed by atoms with van der Waals surface area (Å²) in [5.74, 6) is 8.22. The molecule has 0 aromatic heterocycles. The second-order valence-corrected chi connectivity index (χ2v) is 8.91. The quantitative estimate of drug-likeness (QED) is 0.440. The van der Waals surface area contributed by atoms with E-state index < -0.39 is 11.2 Å². The van der Waals surface area contributed by atoms with Crippen LogP contribution in [0.15, 0.2) is 0 Å². The largest absolute Gasteiger partial charge is 0.360 e. The Kier molecular flexibility index (Phi) is 10.2. The molecule has 0 aromatic carbocycles. The van der Waals surface area contributed by atoms with Crippen molar-refractivity contribution in [2.24, 2.45) is 11.8 Å². The molecule has 0 bridgehead atoms. The predicted octanol–water partition coefficient (Wildman–Crippen LogP) is 6.23. The van der Waals surface area contributed by atoms with Gasteiger partial charge in [0.05, 0.1) is 12.2 Å². The summed E-state index contributed by atoms with van der Waals surface area (Å²) in [7, 11) is 0. The van der Waals surface area contributed by atoms with Gasteiger partial charge in [-0.3, -0.25) is 0 Å². The van der Waals surface area contributed by atoms with E-state index in [-0.39, 0.29) is 12.2 Å². The van der Waals surface area contributed by atoms with Crippen molar-refractivity contribution < 1.29 is 9.47 Å². The zero-order valence-electron chi connectivity index (χ0n) is 18.0. The standard InChI is InChI=1S/C22H42O2/c1-17(2)11-13-21(9,23-19(5)6)15-16-22(10,24-20(7)8)14-12-18(3)4/h17-20H,11-14H2,1-10H3. The molecule has 0 rings (SSSR count). The fraction of sp³-hybridized carbons (Fsp3) is 0.909. The lowest BCUT2D eigenvalue weighted by Gasteiger charge is -2.31. The molecule has 0 fully saturated rings. The lowest BCUT2D eigenvalue weighted by Crippen LogP contribution is -2.34. The van der Waals surface area contributed by atoms with Crippen molar-refractivity contribution in [2.45, 2.75) is 118 Å². The summed E-state index contributed by atoms with van der Waals surface area (Å²) in [6.45, 7) is 21.6. The van der Waals surface area contributed by atoms with Crippen LogP contribution in [0.1, 0.15) is 94.9 Å². The second kappa shape index (κ2) is 10.5. The Morgan fingerprint density at radius 2 is 0.917 bits per heavy atom. The van der Waals surface area contributed by atoms with E-state index in [0.29, 0.717) is 11.8 Å². The van der Waals surface area contributed by atoms with Gasteiger partial charge in [-0.15, -0.1) is 0 Å². The minimum atomic E-state index is -0.405. The molecule has 0 saturated carbocycles. The minimum absolute atomic E-state index is 0.171. The van der Waals surface area contributed by atoms with Crippen LogP contribution in [-0.2, 0) is 9.47 Å². The zero-order valence-corrected chi connectivity index (χ0v) is 18.0. The number of hydrogen-bond acceptors (Lipinski definition) is 2. The maximum Gasteiger partial charge on any atom is 0.126 e. The minimum Gasteiger partial charge on any atom is -0.360 e. The third-order valence-electron chi connectivity index (χ3n) is 3.98. The van der Waals surface area contributed by atoms with Crippen molar-refractivity contribution in [1.82, 2.24) is 0 Å². The normalized spacial score (nSPS) is 17.1. The van der Waals surface area contributed by atoms with Crippen LogP contribution in [0.2, 0.25) is 0 Å². The molecule has 0 spiro atoms. The van der Waals surface area contributed by atoms with E-state index in [2.05, 4.69) is 81.1 Å². The lowest BCUT2D eigenvalue weighted by molar-refractivity contribution is -0.0437. The van der Waals surface area contributed by atoms with E-state index in [9.17, 15) is 0 Å². The Hall–Kier alpha value is -0.520. The molecule has 0 aromatic rings. The van der Waals surface area contributed by atoms with Crippen LogP contribution >= 0.6 is 0 Å². The van der Waals surface area contributed by atoms with E-state index in [1.807, 2.05) is 0 Å². The van der Waals surface area contributed by atoms with Crippen molar-refractivity contribution >= 4 is 0 Å². The highest BCUT2D eigenvalue weighted by Gasteiger charge is 2.28. The van der Waals surface area contributed by atoms with Crippen LogP contribution < -0.4 is 0 Å². The molecule has 142 valence electrons. The van der Waals surface area contributed by atoms with Gasteiger partial charge in [-0.05, 0) is 79.1 Å². The van der Waals surface area contributed by atoms with E-state index in [0.717, 1.165) is 25.7 Å². The predicted molar refractivity (Wildman–Crippen MR) is 105 cm³/mol. The van der Waals surface area contributed by atoms with Crippen LogP contribution in [-0.4, -0.2) is 23.4 Å². The lowest BCUT2D eigenvalue weighted by atomic mass is 9.91. The molecule has 2 unspecified atom stereocenters. The van der Waals surface area contributed by atoms with Crippen LogP contribution in [0.4, 0.5) is 0 Å². The first-order valence-electron chi connectivity index (χ1n) is 9.77. The molecule has 0 aliphatic heterocycles. The first-order valence-corrected chi connectivity index (χ1v) is 9.77. The van der Waals surface area contributed by atoms with Crippen molar-refractivity contribution in [2.75, 3.05) is 0 Å². The van der Waals surface area contributed by atoms with Gasteiger partial charge in [0, 0.05) is 0 Å². The van der Waals surface area contributed by atoms with E-state index in [1.54, 1.807) is 0 Å². The van der Waals surface area contributed by atoms with Crippen LogP contribution in [0.3, 0.4) is 0 Å². The van der Waals surface area contributed by atoms with Crippen molar-refractivity contribution in [3.8, 4) is 11.8 Å². The van der Waals surface area contributed by atoms with Gasteiger partial charge in [0.2, 0.25) is 0 Å². The number of rotatable bonds is 10. The molecule has 0 aliphatic carbocycles. The highest BCUT2D eigenvalue weighted by Crippen LogP contribution is 2.25. The average Bonchev–Trinajstić information content (AvgIpc) is 2.40. The van der Waals surface area contributed by atoms with Gasteiger partial charge >= 0.3 is 0 Å². The fourth-order valence-corrected chi connectivity index (χ4v) is 2.73. The first kappa shape index (κ1) is 23.5. The van der Waals surface area contributed by atoms with E-state index >= 15 is 0 Å². The highest BCUT2D eigenvalue weighted by atomic mass is 16.5. The zero-order chi connectivity index (χ0) is 19.0. The van der Waals surface area contributed by atoms with Gasteiger partial charge < -0.3 is 9.47 Å². The molecular formula is C22H42O2. The summed E-state index contributed by atoms with van der Waals surface area (Å²) < 4.78 is 12.4. The number of ether oxygens (including phenoxy) is 2. The van der Waals surface area contributed by atoms with Gasteiger partial charge in [0.1, 0.15) is 11.2 Å². The van der Waals surface area contributed by atoms with E-state index in [4.69, 9.17) is 9.47 Å². The third kappa shape index (κ3) is 11.1. The van der Waals surface area contributed by atoms with Gasteiger partial charge in [-0.25, -0.2) is 0 Å². The monoisotopic (exact) mass is 338 g/mol. The summed E-state index contributed by atoms with van der Waals surface area (Å²) in [6.07, 6.45) is 4.49. The smallest absolute Gasteiger partial charge is 0.126 e. The average molecular weight is 339 g/mol. The maximum atomic E-state index is 6.19. The van der Waals surface area contributed by atoms with Crippen molar-refractivity contribution in [1.29, 1.82) is 0 Å². The molecule has 0 radical (unpaired) electrons. The van der Waals surface area contributed by atoms with Gasteiger partial charge in [-0.2, -0.15) is 0 Å². The van der Waals surface area contributed by atoms with E-state index in [1.165, 1.54) is 0 Å². The second-order valence-electron chi connectivity index (χ2n) is 8.91. The molecule has 0 saturated heterocycles. The molecule has 0 N–H and O–H groups in total. The van der Waals surface area contributed by atoms with Crippen molar-refractivity contribution in [3.63, 3.8) is 0 Å². The summed E-state index contributed by atoms with van der Waals surface area (Å²) in [6, 6.07) is 0. The molecule has 2 heteroatoms. The first-order chi connectivity index (χ1) is 10.9. The third-order valence-corrected chi connectivity index (χ3v) is 3.98. The van der Waals surface area contributed by atoms with Gasteiger partial charge in [0.15, 0.2) is 0 Å². The summed E-state index contributed by atoms with van der Waals surface area (Å²) in [5, 5.41) is 0. The fourth-order valence-electron chi connectivity index (χ4n) is 2.73. The van der Waals surface area contributed by atoms with Crippen molar-refractivity contribution in [3.05, 3.63) is 0 Å². The van der Waals surface area contributed by atoms with Crippen LogP contribution in [0, 0.1) is 23.7 Å². The Morgan fingerprint density at radius 3 is 1.12 bits per heavy atom. The molecule has 0 aliphatic rings.